The molecule has 0 aliphatic carbocycles. The summed E-state index contributed by atoms with van der Waals surface area (Å²) in [6.07, 6.45) is 0. The van der Waals surface area contributed by atoms with E-state index in [0.717, 1.165) is 29.5 Å². The van der Waals surface area contributed by atoms with Crippen molar-refractivity contribution in [3.05, 3.63) is 64.3 Å². The molecule has 1 aromatic heterocycles. The largest absolute Gasteiger partial charge is 0.451 e. The van der Waals surface area contributed by atoms with Gasteiger partial charge in [-0.15, -0.1) is 11.3 Å². The molecule has 0 spiro atoms. The summed E-state index contributed by atoms with van der Waals surface area (Å²) in [6.45, 7) is -0.798. The normalized spacial score (nSPS) is 10.9. The number of para-hydroxylation sites is 1. The third-order valence-corrected chi connectivity index (χ3v) is 4.98. The van der Waals surface area contributed by atoms with Gasteiger partial charge in [0.25, 0.3) is 5.91 Å². The third-order valence-electron chi connectivity index (χ3n) is 3.80. The highest BCUT2D eigenvalue weighted by atomic mass is 32.1. The highest BCUT2D eigenvalue weighted by molar-refractivity contribution is 7.21. The van der Waals surface area contributed by atoms with Crippen molar-refractivity contribution in [3.63, 3.8) is 0 Å². The molecule has 0 saturated heterocycles. The lowest BCUT2D eigenvalue weighted by atomic mass is 10.1. The van der Waals surface area contributed by atoms with Gasteiger partial charge in [0.15, 0.2) is 6.61 Å². The number of fused-ring (bicyclic) bond motifs is 1. The number of rotatable bonds is 6. The van der Waals surface area contributed by atoms with E-state index in [0.29, 0.717) is 10.3 Å². The van der Waals surface area contributed by atoms with Crippen LogP contribution >= 0.6 is 11.3 Å². The Morgan fingerprint density at radius 2 is 1.68 bits per heavy atom. The predicted molar refractivity (Wildman–Crippen MR) is 97.8 cm³/mol. The van der Waals surface area contributed by atoms with Crippen LogP contribution in [0.3, 0.4) is 0 Å². The van der Waals surface area contributed by atoms with E-state index in [9.17, 15) is 22.8 Å². The first-order valence-corrected chi connectivity index (χ1v) is 8.83. The van der Waals surface area contributed by atoms with Crippen LogP contribution in [-0.4, -0.2) is 25.6 Å². The molecule has 0 aliphatic rings. The highest BCUT2D eigenvalue weighted by Gasteiger charge is 2.23. The fraction of sp³-hybridized carbons (Fsp3) is 0.158. The molecule has 0 aliphatic heterocycles. The number of thiophene rings is 1. The minimum atomic E-state index is -0.956. The van der Waals surface area contributed by atoms with Gasteiger partial charge in [-0.1, -0.05) is 12.1 Å². The Balaban J connectivity index is 1.75. The van der Waals surface area contributed by atoms with Crippen LogP contribution in [0.5, 0.6) is 0 Å². The number of ether oxygens (including phenoxy) is 2. The SMILES string of the molecule is COCc1c(C(=O)OCC(=O)Nc2c(F)cccc2F)sc2cccc(F)c12. The topological polar surface area (TPSA) is 64.6 Å². The van der Waals surface area contributed by atoms with Gasteiger partial charge < -0.3 is 14.8 Å². The van der Waals surface area contributed by atoms with Crippen LogP contribution < -0.4 is 5.32 Å². The van der Waals surface area contributed by atoms with Gasteiger partial charge in [-0.05, 0) is 24.3 Å². The number of halogens is 3. The molecule has 0 saturated carbocycles. The first kappa shape index (κ1) is 19.8. The zero-order valence-corrected chi connectivity index (χ0v) is 15.4. The molecule has 0 radical (unpaired) electrons. The average molecular weight is 409 g/mol. The lowest BCUT2D eigenvalue weighted by Gasteiger charge is -2.08. The maximum atomic E-state index is 14.1. The number of hydrogen-bond acceptors (Lipinski definition) is 5. The van der Waals surface area contributed by atoms with Crippen molar-refractivity contribution in [2.24, 2.45) is 0 Å². The van der Waals surface area contributed by atoms with Crippen molar-refractivity contribution >= 4 is 39.0 Å². The number of amides is 1. The summed E-state index contributed by atoms with van der Waals surface area (Å²) < 4.78 is 51.8. The molecular weight excluding hydrogens is 395 g/mol. The molecule has 146 valence electrons. The van der Waals surface area contributed by atoms with E-state index < -0.39 is 41.6 Å². The van der Waals surface area contributed by atoms with Gasteiger partial charge >= 0.3 is 5.97 Å². The van der Waals surface area contributed by atoms with E-state index in [2.05, 4.69) is 0 Å². The summed E-state index contributed by atoms with van der Waals surface area (Å²) >= 11 is 1.00. The van der Waals surface area contributed by atoms with E-state index >= 15 is 0 Å². The zero-order chi connectivity index (χ0) is 20.3. The molecule has 3 rings (SSSR count). The van der Waals surface area contributed by atoms with Gasteiger partial charge in [0.05, 0.1) is 6.61 Å². The van der Waals surface area contributed by atoms with E-state index in [1.54, 1.807) is 6.07 Å². The van der Waals surface area contributed by atoms with E-state index in [4.69, 9.17) is 9.47 Å². The number of carbonyl (C=O) groups is 2. The molecule has 5 nitrogen and oxygen atoms in total. The summed E-state index contributed by atoms with van der Waals surface area (Å²) in [4.78, 5) is 24.4. The van der Waals surface area contributed by atoms with Crippen LogP contribution in [0.2, 0.25) is 0 Å². The molecule has 2 aromatic carbocycles. The summed E-state index contributed by atoms with van der Waals surface area (Å²) in [6, 6.07) is 7.53. The number of methoxy groups -OCH3 is 1. The van der Waals surface area contributed by atoms with Crippen LogP contribution in [0, 0.1) is 17.5 Å². The highest BCUT2D eigenvalue weighted by Crippen LogP contribution is 2.34. The Hall–Kier alpha value is -2.91. The molecule has 9 heteroatoms. The maximum absolute atomic E-state index is 14.1. The Labute approximate surface area is 161 Å². The molecule has 0 fully saturated rings. The van der Waals surface area contributed by atoms with Crippen molar-refractivity contribution in [1.82, 2.24) is 0 Å². The lowest BCUT2D eigenvalue weighted by Crippen LogP contribution is -2.22. The number of carbonyl (C=O) groups excluding carboxylic acids is 2. The fourth-order valence-corrected chi connectivity index (χ4v) is 3.72. The van der Waals surface area contributed by atoms with Crippen LogP contribution in [0.4, 0.5) is 18.9 Å². The van der Waals surface area contributed by atoms with Gasteiger partial charge in [0, 0.05) is 22.8 Å². The van der Waals surface area contributed by atoms with Crippen LogP contribution in [-0.2, 0) is 20.9 Å². The summed E-state index contributed by atoms with van der Waals surface area (Å²) in [7, 11) is 1.40. The lowest BCUT2D eigenvalue weighted by molar-refractivity contribution is -0.119. The molecule has 0 bridgehead atoms. The quantitative estimate of drug-likeness (QED) is 0.618. The molecule has 28 heavy (non-hydrogen) atoms. The Bertz CT molecular complexity index is 1030. The second-order valence-corrected chi connectivity index (χ2v) is 6.73. The average Bonchev–Trinajstić information content (AvgIpc) is 3.03. The number of hydrogen-bond donors (Lipinski definition) is 1. The van der Waals surface area contributed by atoms with Gasteiger partial charge in [-0.2, -0.15) is 0 Å². The first-order valence-electron chi connectivity index (χ1n) is 8.02. The van der Waals surface area contributed by atoms with Crippen molar-refractivity contribution in [2.75, 3.05) is 19.0 Å². The fourth-order valence-electron chi connectivity index (χ4n) is 2.60. The third kappa shape index (κ3) is 4.00. The maximum Gasteiger partial charge on any atom is 0.349 e. The zero-order valence-electron chi connectivity index (χ0n) is 14.6. The van der Waals surface area contributed by atoms with Gasteiger partial charge in [-0.3, -0.25) is 4.79 Å². The van der Waals surface area contributed by atoms with Crippen LogP contribution in [0.15, 0.2) is 36.4 Å². The molecule has 1 amide bonds. The van der Waals surface area contributed by atoms with E-state index in [-0.39, 0.29) is 16.9 Å². The molecule has 1 heterocycles. The minimum absolute atomic E-state index is 0.0298. The van der Waals surface area contributed by atoms with E-state index in [1.165, 1.54) is 19.2 Å². The number of esters is 1. The monoisotopic (exact) mass is 409 g/mol. The Morgan fingerprint density at radius 3 is 2.36 bits per heavy atom. The van der Waals surface area contributed by atoms with Crippen molar-refractivity contribution in [1.29, 1.82) is 0 Å². The second-order valence-electron chi connectivity index (χ2n) is 5.68. The number of benzene rings is 2. The minimum Gasteiger partial charge on any atom is -0.451 e. The van der Waals surface area contributed by atoms with Crippen LogP contribution in [0.25, 0.3) is 10.1 Å². The second kappa shape index (κ2) is 8.41. The van der Waals surface area contributed by atoms with E-state index in [1.807, 2.05) is 5.32 Å². The summed E-state index contributed by atoms with van der Waals surface area (Å²) in [5.41, 5.74) is -0.321. The van der Waals surface area contributed by atoms with Crippen LogP contribution in [0.1, 0.15) is 15.2 Å². The predicted octanol–water partition coefficient (Wildman–Crippen LogP) is 4.26. The Morgan fingerprint density at radius 1 is 1.04 bits per heavy atom. The number of nitrogens with one attached hydrogen (secondary N) is 1. The molecule has 0 unspecified atom stereocenters. The summed E-state index contributed by atoms with van der Waals surface area (Å²) in [5, 5.41) is 2.26. The molecule has 3 aromatic rings. The van der Waals surface area contributed by atoms with Gasteiger partial charge in [-0.25, -0.2) is 18.0 Å². The molecule has 0 atom stereocenters. The molecule has 1 N–H and O–H groups in total. The summed E-state index contributed by atoms with van der Waals surface area (Å²) in [5.74, 6) is -4.20. The first-order chi connectivity index (χ1) is 13.4. The van der Waals surface area contributed by atoms with Gasteiger partial charge in [0.1, 0.15) is 28.0 Å². The standard InChI is InChI=1S/C19H14F3NO4S/c1-26-8-10-16-11(20)4-3-7-14(16)28-18(10)19(25)27-9-15(24)23-17-12(21)5-2-6-13(17)22/h2-7H,8-9H2,1H3,(H,23,24). The number of anilines is 1. The van der Waals surface area contributed by atoms with Crippen molar-refractivity contribution in [2.45, 2.75) is 6.61 Å². The van der Waals surface area contributed by atoms with Crippen molar-refractivity contribution < 1.29 is 32.2 Å². The van der Waals surface area contributed by atoms with Gasteiger partial charge in [0.2, 0.25) is 0 Å². The van der Waals surface area contributed by atoms with Crippen molar-refractivity contribution in [3.8, 4) is 0 Å². The smallest absolute Gasteiger partial charge is 0.349 e. The molecular formula is C19H14F3NO4S. The Kier molecular flexibility index (Phi) is 5.96.